The van der Waals surface area contributed by atoms with Crippen molar-refractivity contribution in [2.24, 2.45) is 4.99 Å². The summed E-state index contributed by atoms with van der Waals surface area (Å²) >= 11 is 0. The number of allylic oxidation sites excluding steroid dienone is 2. The molecule has 1 aliphatic carbocycles. The van der Waals surface area contributed by atoms with Gasteiger partial charge in [-0.15, -0.1) is 0 Å². The molecule has 4 rings (SSSR count). The van der Waals surface area contributed by atoms with Crippen molar-refractivity contribution in [3.63, 3.8) is 0 Å². The predicted molar refractivity (Wildman–Crippen MR) is 86.2 cm³/mol. The first-order chi connectivity index (χ1) is 12.0. The fourth-order valence-corrected chi connectivity index (χ4v) is 3.83. The highest BCUT2D eigenvalue weighted by atomic mass is 19.1. The van der Waals surface area contributed by atoms with Crippen LogP contribution in [0, 0.1) is 0 Å². The van der Waals surface area contributed by atoms with Crippen molar-refractivity contribution in [2.45, 2.75) is 44.4 Å². The zero-order valence-corrected chi connectivity index (χ0v) is 13.7. The largest absolute Gasteiger partial charge is 0.488 e. The maximum atomic E-state index is 14.9. The molecule has 2 N–H and O–H groups in total. The average molecular weight is 347 g/mol. The zero-order valence-electron chi connectivity index (χ0n) is 13.7. The Balaban J connectivity index is 1.84. The molecule has 3 aliphatic heterocycles. The number of fused-ring (bicyclic) bond motifs is 5. The number of aliphatic imine (C=N–C) groups is 1. The minimum atomic E-state index is -1.41. The monoisotopic (exact) mass is 347 g/mol. The lowest BCUT2D eigenvalue weighted by molar-refractivity contribution is -0.132. The number of carboxylic acids is 1. The van der Waals surface area contributed by atoms with E-state index >= 15 is 0 Å². The van der Waals surface area contributed by atoms with Crippen molar-refractivity contribution >= 4 is 17.6 Å². The molecule has 8 heteroatoms. The molecule has 0 aromatic carbocycles. The molecule has 1 fully saturated rings. The standard InChI is InChI=1S/C17H18FN3O4/c1-2-10-11-7-25-15-12-8(4-3-5-19-12)6-9(18)14(15)21(11)16(22)13(20-10)17(23)24/h6-7,10,12,15,19H,2-5H2,1H3,(H,23,24). The van der Waals surface area contributed by atoms with Gasteiger partial charge in [-0.25, -0.2) is 9.18 Å². The van der Waals surface area contributed by atoms with E-state index in [2.05, 4.69) is 10.3 Å². The first-order valence-electron chi connectivity index (χ1n) is 8.37. The second kappa shape index (κ2) is 5.80. The van der Waals surface area contributed by atoms with Gasteiger partial charge in [-0.1, -0.05) is 6.92 Å². The fourth-order valence-electron chi connectivity index (χ4n) is 3.83. The lowest BCUT2D eigenvalue weighted by atomic mass is 9.85. The van der Waals surface area contributed by atoms with E-state index < -0.39 is 35.6 Å². The molecule has 3 unspecified atom stereocenters. The number of carboxylic acid groups (broad SMARTS) is 1. The molecule has 25 heavy (non-hydrogen) atoms. The Morgan fingerprint density at radius 3 is 3.08 bits per heavy atom. The van der Waals surface area contributed by atoms with Gasteiger partial charge in [-0.3, -0.25) is 14.7 Å². The summed E-state index contributed by atoms with van der Waals surface area (Å²) in [6, 6.07) is -0.782. The third kappa shape index (κ3) is 2.31. The second-order valence-electron chi connectivity index (χ2n) is 6.43. The van der Waals surface area contributed by atoms with Crippen LogP contribution in [-0.4, -0.2) is 52.3 Å². The molecule has 0 bridgehead atoms. The van der Waals surface area contributed by atoms with Gasteiger partial charge in [0.1, 0.15) is 17.8 Å². The molecular weight excluding hydrogens is 329 g/mol. The summed E-state index contributed by atoms with van der Waals surface area (Å²) in [4.78, 5) is 29.3. The van der Waals surface area contributed by atoms with Crippen LogP contribution >= 0.6 is 0 Å². The lowest BCUT2D eigenvalue weighted by Gasteiger charge is -2.45. The first kappa shape index (κ1) is 16.0. The van der Waals surface area contributed by atoms with Crippen LogP contribution in [0.25, 0.3) is 0 Å². The number of carbonyl (C=O) groups excluding carboxylic acids is 1. The molecule has 0 saturated carbocycles. The van der Waals surface area contributed by atoms with Crippen LogP contribution in [0.1, 0.15) is 26.2 Å². The second-order valence-corrected chi connectivity index (χ2v) is 6.43. The summed E-state index contributed by atoms with van der Waals surface area (Å²) in [5.74, 6) is -2.79. The molecule has 4 aliphatic rings. The number of aliphatic carboxylic acids is 1. The number of carbonyl (C=O) groups is 2. The van der Waals surface area contributed by atoms with Gasteiger partial charge in [-0.2, -0.15) is 0 Å². The normalized spacial score (nSPS) is 31.1. The van der Waals surface area contributed by atoms with E-state index in [0.29, 0.717) is 12.1 Å². The zero-order chi connectivity index (χ0) is 17.7. The molecule has 3 heterocycles. The predicted octanol–water partition coefficient (Wildman–Crippen LogP) is 1.25. The molecule has 0 spiro atoms. The maximum Gasteiger partial charge on any atom is 0.359 e. The van der Waals surface area contributed by atoms with E-state index in [1.807, 2.05) is 6.92 Å². The van der Waals surface area contributed by atoms with Crippen LogP contribution < -0.4 is 5.32 Å². The number of nitrogens with zero attached hydrogens (tertiary/aromatic N) is 2. The van der Waals surface area contributed by atoms with E-state index in [1.54, 1.807) is 0 Å². The van der Waals surface area contributed by atoms with Crippen LogP contribution in [0.15, 0.2) is 40.1 Å². The smallest absolute Gasteiger partial charge is 0.359 e. The van der Waals surface area contributed by atoms with Gasteiger partial charge in [0.2, 0.25) is 5.71 Å². The quantitative estimate of drug-likeness (QED) is 0.784. The fraction of sp³-hybridized carbons (Fsp3) is 0.471. The minimum absolute atomic E-state index is 0.0674. The molecule has 1 saturated heterocycles. The van der Waals surface area contributed by atoms with E-state index in [4.69, 9.17) is 4.74 Å². The number of halogens is 1. The Kier molecular flexibility index (Phi) is 3.72. The van der Waals surface area contributed by atoms with Crippen LogP contribution in [0.2, 0.25) is 0 Å². The molecule has 3 atom stereocenters. The van der Waals surface area contributed by atoms with Crippen molar-refractivity contribution in [1.82, 2.24) is 10.2 Å². The summed E-state index contributed by atoms with van der Waals surface area (Å²) in [5.41, 5.74) is 0.776. The summed E-state index contributed by atoms with van der Waals surface area (Å²) in [5, 5.41) is 12.6. The highest BCUT2D eigenvalue weighted by Crippen LogP contribution is 2.40. The topological polar surface area (TPSA) is 91.2 Å². The molecule has 132 valence electrons. The van der Waals surface area contributed by atoms with Crippen LogP contribution in [0.3, 0.4) is 0 Å². The lowest BCUT2D eigenvalue weighted by Crippen LogP contribution is -2.56. The van der Waals surface area contributed by atoms with Crippen LogP contribution in [-0.2, 0) is 14.3 Å². The van der Waals surface area contributed by atoms with Crippen molar-refractivity contribution in [3.8, 4) is 0 Å². The van der Waals surface area contributed by atoms with Gasteiger partial charge in [0.15, 0.2) is 6.10 Å². The molecular formula is C17H18FN3O4. The van der Waals surface area contributed by atoms with Crippen molar-refractivity contribution in [2.75, 3.05) is 6.54 Å². The van der Waals surface area contributed by atoms with Gasteiger partial charge < -0.3 is 15.2 Å². The van der Waals surface area contributed by atoms with E-state index in [1.165, 1.54) is 12.3 Å². The number of piperidine rings is 1. The molecule has 7 nitrogen and oxygen atoms in total. The van der Waals surface area contributed by atoms with Crippen molar-refractivity contribution in [3.05, 3.63) is 35.1 Å². The van der Waals surface area contributed by atoms with Gasteiger partial charge >= 0.3 is 5.97 Å². The summed E-state index contributed by atoms with van der Waals surface area (Å²) in [6.45, 7) is 2.60. The maximum absolute atomic E-state index is 14.9. The minimum Gasteiger partial charge on any atom is -0.488 e. The van der Waals surface area contributed by atoms with Gasteiger partial charge in [0, 0.05) is 0 Å². The number of amides is 1. The van der Waals surface area contributed by atoms with Crippen molar-refractivity contribution < 1.29 is 23.8 Å². The van der Waals surface area contributed by atoms with Gasteiger partial charge in [0.25, 0.3) is 5.91 Å². The number of nitrogens with one attached hydrogen (secondary N) is 1. The molecule has 0 aromatic rings. The molecule has 1 amide bonds. The first-order valence-corrected chi connectivity index (χ1v) is 8.37. The molecule has 0 aromatic heterocycles. The highest BCUT2D eigenvalue weighted by molar-refractivity contribution is 6.64. The summed E-state index contributed by atoms with van der Waals surface area (Å²) < 4.78 is 20.7. The summed E-state index contributed by atoms with van der Waals surface area (Å²) in [7, 11) is 0. The Hall–Kier alpha value is -2.48. The van der Waals surface area contributed by atoms with E-state index in [9.17, 15) is 19.1 Å². The Labute approximate surface area is 143 Å². The van der Waals surface area contributed by atoms with Gasteiger partial charge in [0.05, 0.1) is 17.8 Å². The molecule has 0 radical (unpaired) electrons. The number of hydrogen-bond acceptors (Lipinski definition) is 5. The van der Waals surface area contributed by atoms with Crippen LogP contribution in [0.5, 0.6) is 0 Å². The van der Waals surface area contributed by atoms with Crippen molar-refractivity contribution in [1.29, 1.82) is 0 Å². The summed E-state index contributed by atoms with van der Waals surface area (Å²) in [6.07, 6.45) is 4.32. The van der Waals surface area contributed by atoms with E-state index in [0.717, 1.165) is 29.9 Å². The highest BCUT2D eigenvalue weighted by Gasteiger charge is 2.48. The number of hydrogen-bond donors (Lipinski definition) is 2. The van der Waals surface area contributed by atoms with Gasteiger partial charge in [-0.05, 0) is 37.5 Å². The Morgan fingerprint density at radius 2 is 2.36 bits per heavy atom. The number of ether oxygens (including phenoxy) is 1. The third-order valence-corrected chi connectivity index (χ3v) is 4.99. The Morgan fingerprint density at radius 1 is 1.56 bits per heavy atom. The third-order valence-electron chi connectivity index (χ3n) is 4.99. The number of rotatable bonds is 2. The van der Waals surface area contributed by atoms with Crippen LogP contribution in [0.4, 0.5) is 4.39 Å². The average Bonchev–Trinajstić information content (AvgIpc) is 2.61. The van der Waals surface area contributed by atoms with E-state index in [-0.39, 0.29) is 11.7 Å². The Bertz CT molecular complexity index is 783. The SMILES string of the molecule is CCC1N=C(C(=O)O)C(=O)N2C1=COC1C2=C(F)C=C2CCCNC21.